The van der Waals surface area contributed by atoms with E-state index in [1.54, 1.807) is 0 Å². The van der Waals surface area contributed by atoms with Gasteiger partial charge in [0.1, 0.15) is 0 Å². The number of amides is 1. The van der Waals surface area contributed by atoms with E-state index in [0.717, 1.165) is 37.9 Å². The summed E-state index contributed by atoms with van der Waals surface area (Å²) in [5.74, 6) is -0.00597. The average molecular weight is 247 g/mol. The van der Waals surface area contributed by atoms with Crippen LogP contribution in [0, 0.1) is 0 Å². The van der Waals surface area contributed by atoms with Gasteiger partial charge in [0.25, 0.3) is 5.91 Å². The lowest BCUT2D eigenvalue weighted by Gasteiger charge is -2.11. The van der Waals surface area contributed by atoms with Gasteiger partial charge in [0, 0.05) is 18.7 Å². The van der Waals surface area contributed by atoms with Crippen molar-refractivity contribution in [2.75, 3.05) is 13.2 Å². The number of carbonyl (C=O) groups is 1. The summed E-state index contributed by atoms with van der Waals surface area (Å²) >= 11 is 0. The van der Waals surface area contributed by atoms with Crippen LogP contribution in [0.5, 0.6) is 0 Å². The number of benzene rings is 1. The van der Waals surface area contributed by atoms with Crippen molar-refractivity contribution in [1.29, 1.82) is 0 Å². The first-order valence-electron chi connectivity index (χ1n) is 6.78. The molecule has 1 atom stereocenters. The number of ether oxygens (including phenoxy) is 1. The highest BCUT2D eigenvalue weighted by atomic mass is 16.5. The van der Waals surface area contributed by atoms with E-state index in [0.29, 0.717) is 6.54 Å². The minimum absolute atomic E-state index is 0.00597. The summed E-state index contributed by atoms with van der Waals surface area (Å²) < 4.78 is 5.48. The molecule has 1 fully saturated rings. The van der Waals surface area contributed by atoms with E-state index in [-0.39, 0.29) is 12.0 Å². The fourth-order valence-corrected chi connectivity index (χ4v) is 2.23. The van der Waals surface area contributed by atoms with Crippen LogP contribution >= 0.6 is 0 Å². The van der Waals surface area contributed by atoms with Crippen molar-refractivity contribution in [2.45, 2.75) is 38.7 Å². The highest BCUT2D eigenvalue weighted by molar-refractivity contribution is 5.94. The lowest BCUT2D eigenvalue weighted by Crippen LogP contribution is -2.31. The number of hydrogen-bond acceptors (Lipinski definition) is 2. The zero-order chi connectivity index (χ0) is 12.8. The molecule has 1 N–H and O–H groups in total. The smallest absolute Gasteiger partial charge is 0.251 e. The average Bonchev–Trinajstić information content (AvgIpc) is 2.90. The van der Waals surface area contributed by atoms with Crippen LogP contribution < -0.4 is 5.32 Å². The molecule has 98 valence electrons. The molecular weight excluding hydrogens is 226 g/mol. The fraction of sp³-hybridized carbons (Fsp3) is 0.533. The fourth-order valence-electron chi connectivity index (χ4n) is 2.23. The molecule has 1 aromatic rings. The SMILES string of the molecule is CCCc1ccc(C(=O)NC[C@H]2CCCO2)cc1. The molecule has 0 aromatic heterocycles. The van der Waals surface area contributed by atoms with Gasteiger partial charge in [-0.2, -0.15) is 0 Å². The summed E-state index contributed by atoms with van der Waals surface area (Å²) in [6.07, 6.45) is 4.55. The normalized spacial score (nSPS) is 18.8. The summed E-state index contributed by atoms with van der Waals surface area (Å²) in [7, 11) is 0. The third-order valence-electron chi connectivity index (χ3n) is 3.27. The molecular formula is C15H21NO2. The molecule has 0 spiro atoms. The molecule has 0 radical (unpaired) electrons. The number of carbonyl (C=O) groups excluding carboxylic acids is 1. The van der Waals surface area contributed by atoms with Gasteiger partial charge in [-0.1, -0.05) is 25.5 Å². The molecule has 18 heavy (non-hydrogen) atoms. The van der Waals surface area contributed by atoms with Gasteiger partial charge in [-0.15, -0.1) is 0 Å². The van der Waals surface area contributed by atoms with Gasteiger partial charge >= 0.3 is 0 Å². The van der Waals surface area contributed by atoms with Gasteiger partial charge in [0.15, 0.2) is 0 Å². The van der Waals surface area contributed by atoms with E-state index < -0.39 is 0 Å². The Balaban J connectivity index is 1.83. The number of aryl methyl sites for hydroxylation is 1. The van der Waals surface area contributed by atoms with Gasteiger partial charge in [-0.05, 0) is 37.0 Å². The van der Waals surface area contributed by atoms with Crippen LogP contribution in [0.4, 0.5) is 0 Å². The van der Waals surface area contributed by atoms with Gasteiger partial charge in [-0.25, -0.2) is 0 Å². The maximum absolute atomic E-state index is 11.9. The van der Waals surface area contributed by atoms with Crippen molar-refractivity contribution >= 4 is 5.91 Å². The van der Waals surface area contributed by atoms with Gasteiger partial charge in [-0.3, -0.25) is 4.79 Å². The van der Waals surface area contributed by atoms with Crippen molar-refractivity contribution in [3.63, 3.8) is 0 Å². The first kappa shape index (κ1) is 13.1. The summed E-state index contributed by atoms with van der Waals surface area (Å²) in [5.41, 5.74) is 2.01. The van der Waals surface area contributed by atoms with Crippen molar-refractivity contribution in [2.24, 2.45) is 0 Å². The lowest BCUT2D eigenvalue weighted by atomic mass is 10.1. The first-order chi connectivity index (χ1) is 8.79. The molecule has 1 aromatic carbocycles. The van der Waals surface area contributed by atoms with E-state index in [9.17, 15) is 4.79 Å². The van der Waals surface area contributed by atoms with Crippen molar-refractivity contribution in [3.8, 4) is 0 Å². The third-order valence-corrected chi connectivity index (χ3v) is 3.27. The molecule has 1 heterocycles. The van der Waals surface area contributed by atoms with E-state index in [1.165, 1.54) is 5.56 Å². The monoisotopic (exact) mass is 247 g/mol. The minimum atomic E-state index is -0.00597. The van der Waals surface area contributed by atoms with Gasteiger partial charge in [0.2, 0.25) is 0 Å². The molecule has 0 unspecified atom stereocenters. The molecule has 0 bridgehead atoms. The van der Waals surface area contributed by atoms with Crippen LogP contribution in [0.15, 0.2) is 24.3 Å². The van der Waals surface area contributed by atoms with Gasteiger partial charge < -0.3 is 10.1 Å². The predicted molar refractivity (Wildman–Crippen MR) is 71.7 cm³/mol. The molecule has 2 rings (SSSR count). The molecule has 0 saturated carbocycles. The Kier molecular flexibility index (Phi) is 4.76. The summed E-state index contributed by atoms with van der Waals surface area (Å²) in [6, 6.07) is 7.86. The molecule has 1 aliphatic rings. The highest BCUT2D eigenvalue weighted by Gasteiger charge is 2.16. The quantitative estimate of drug-likeness (QED) is 0.868. The Bertz CT molecular complexity index is 380. The van der Waals surface area contributed by atoms with Crippen LogP contribution in [0.1, 0.15) is 42.1 Å². The van der Waals surface area contributed by atoms with E-state index in [2.05, 4.69) is 12.2 Å². The Morgan fingerprint density at radius 2 is 2.17 bits per heavy atom. The zero-order valence-electron chi connectivity index (χ0n) is 10.9. The van der Waals surface area contributed by atoms with E-state index in [1.807, 2.05) is 24.3 Å². The number of hydrogen-bond donors (Lipinski definition) is 1. The minimum Gasteiger partial charge on any atom is -0.376 e. The lowest BCUT2D eigenvalue weighted by molar-refractivity contribution is 0.0858. The maximum atomic E-state index is 11.9. The van der Waals surface area contributed by atoms with E-state index >= 15 is 0 Å². The second-order valence-electron chi connectivity index (χ2n) is 4.79. The Morgan fingerprint density at radius 1 is 1.39 bits per heavy atom. The predicted octanol–water partition coefficient (Wildman–Crippen LogP) is 2.55. The van der Waals surface area contributed by atoms with Crippen molar-refractivity contribution in [1.82, 2.24) is 5.32 Å². The topological polar surface area (TPSA) is 38.3 Å². The van der Waals surface area contributed by atoms with Crippen LogP contribution in [-0.2, 0) is 11.2 Å². The maximum Gasteiger partial charge on any atom is 0.251 e. The Hall–Kier alpha value is -1.35. The largest absolute Gasteiger partial charge is 0.376 e. The molecule has 1 amide bonds. The van der Waals surface area contributed by atoms with Crippen LogP contribution in [0.2, 0.25) is 0 Å². The highest BCUT2D eigenvalue weighted by Crippen LogP contribution is 2.11. The molecule has 1 saturated heterocycles. The molecule has 3 heteroatoms. The zero-order valence-corrected chi connectivity index (χ0v) is 10.9. The van der Waals surface area contributed by atoms with Crippen molar-refractivity contribution in [3.05, 3.63) is 35.4 Å². The molecule has 1 aliphatic heterocycles. The Morgan fingerprint density at radius 3 is 2.78 bits per heavy atom. The second-order valence-corrected chi connectivity index (χ2v) is 4.79. The number of nitrogens with one attached hydrogen (secondary N) is 1. The Labute approximate surface area is 109 Å². The summed E-state index contributed by atoms with van der Waals surface area (Å²) in [6.45, 7) is 3.60. The molecule has 0 aliphatic carbocycles. The van der Waals surface area contributed by atoms with Crippen LogP contribution in [0.3, 0.4) is 0 Å². The van der Waals surface area contributed by atoms with Crippen LogP contribution in [0.25, 0.3) is 0 Å². The third kappa shape index (κ3) is 3.57. The van der Waals surface area contributed by atoms with Crippen LogP contribution in [-0.4, -0.2) is 25.2 Å². The summed E-state index contributed by atoms with van der Waals surface area (Å²) in [5, 5.41) is 2.93. The molecule has 3 nitrogen and oxygen atoms in total. The standard InChI is InChI=1S/C15H21NO2/c1-2-4-12-6-8-13(9-7-12)15(17)16-11-14-5-3-10-18-14/h6-9,14H,2-5,10-11H2,1H3,(H,16,17)/t14-/m1/s1. The van der Waals surface area contributed by atoms with Crippen molar-refractivity contribution < 1.29 is 9.53 Å². The summed E-state index contributed by atoms with van der Waals surface area (Å²) in [4.78, 5) is 11.9. The first-order valence-corrected chi connectivity index (χ1v) is 6.78. The number of rotatable bonds is 5. The second kappa shape index (κ2) is 6.55. The van der Waals surface area contributed by atoms with Gasteiger partial charge in [0.05, 0.1) is 6.10 Å². The van der Waals surface area contributed by atoms with E-state index in [4.69, 9.17) is 4.74 Å².